The average molecular weight is 322 g/mol. The molecule has 0 unspecified atom stereocenters. The summed E-state index contributed by atoms with van der Waals surface area (Å²) in [5, 5.41) is 6.30. The quantitative estimate of drug-likeness (QED) is 0.859. The average Bonchev–Trinajstić information content (AvgIpc) is 3.17. The van der Waals surface area contributed by atoms with E-state index in [2.05, 4.69) is 15.6 Å². The highest BCUT2D eigenvalue weighted by atomic mass is 35.5. The second-order valence-electron chi connectivity index (χ2n) is 5.15. The van der Waals surface area contributed by atoms with Gasteiger partial charge in [-0.15, -0.1) is 11.3 Å². The molecule has 1 aliphatic rings. The van der Waals surface area contributed by atoms with Crippen LogP contribution in [0.2, 0.25) is 4.47 Å². The molecule has 2 aromatic rings. The fourth-order valence-electron chi connectivity index (χ4n) is 1.99. The van der Waals surface area contributed by atoms with Gasteiger partial charge in [0.2, 0.25) is 5.91 Å². The van der Waals surface area contributed by atoms with Crippen LogP contribution >= 0.6 is 22.9 Å². The lowest BCUT2D eigenvalue weighted by Gasteiger charge is -2.07. The van der Waals surface area contributed by atoms with Crippen molar-refractivity contribution in [3.63, 3.8) is 0 Å². The van der Waals surface area contributed by atoms with Crippen molar-refractivity contribution in [2.45, 2.75) is 31.8 Å². The molecule has 0 saturated heterocycles. The van der Waals surface area contributed by atoms with E-state index in [1.807, 2.05) is 24.3 Å². The number of benzene rings is 1. The minimum Gasteiger partial charge on any atom is -0.380 e. The number of hydrogen-bond donors (Lipinski definition) is 2. The number of carbonyl (C=O) groups is 1. The van der Waals surface area contributed by atoms with Gasteiger partial charge in [-0.3, -0.25) is 4.79 Å². The Bertz CT molecular complexity index is 622. The van der Waals surface area contributed by atoms with Crippen molar-refractivity contribution in [3.05, 3.63) is 45.4 Å². The Labute approximate surface area is 132 Å². The third kappa shape index (κ3) is 4.44. The number of halogens is 1. The number of anilines is 1. The summed E-state index contributed by atoms with van der Waals surface area (Å²) in [5.41, 5.74) is 2.05. The molecule has 1 aliphatic carbocycles. The Hall–Kier alpha value is -1.59. The molecule has 0 atom stereocenters. The van der Waals surface area contributed by atoms with Crippen molar-refractivity contribution in [2.75, 3.05) is 5.32 Å². The van der Waals surface area contributed by atoms with Crippen LogP contribution in [0.25, 0.3) is 0 Å². The molecular weight excluding hydrogens is 306 g/mol. The van der Waals surface area contributed by atoms with Crippen LogP contribution in [-0.4, -0.2) is 16.9 Å². The topological polar surface area (TPSA) is 54.0 Å². The van der Waals surface area contributed by atoms with Gasteiger partial charge in [-0.1, -0.05) is 23.7 Å². The molecule has 110 valence electrons. The number of rotatable bonds is 6. The van der Waals surface area contributed by atoms with Crippen LogP contribution in [0.1, 0.15) is 23.3 Å². The zero-order valence-corrected chi connectivity index (χ0v) is 13.0. The highest BCUT2D eigenvalue weighted by molar-refractivity contribution is 7.15. The first-order valence-corrected chi connectivity index (χ1v) is 8.11. The van der Waals surface area contributed by atoms with Gasteiger partial charge in [0.15, 0.2) is 4.47 Å². The first kappa shape index (κ1) is 14.4. The fraction of sp³-hybridized carbons (Fsp3) is 0.333. The third-order valence-electron chi connectivity index (χ3n) is 3.25. The summed E-state index contributed by atoms with van der Waals surface area (Å²) in [6, 6.07) is 8.36. The fourth-order valence-corrected chi connectivity index (χ4v) is 2.90. The van der Waals surface area contributed by atoms with Gasteiger partial charge in [-0.25, -0.2) is 4.98 Å². The van der Waals surface area contributed by atoms with E-state index in [1.165, 1.54) is 11.3 Å². The first-order chi connectivity index (χ1) is 10.2. The second kappa shape index (κ2) is 6.45. The van der Waals surface area contributed by atoms with Crippen LogP contribution in [0.4, 0.5) is 5.69 Å². The maximum absolute atomic E-state index is 11.7. The summed E-state index contributed by atoms with van der Waals surface area (Å²) in [7, 11) is 0. The molecule has 0 bridgehead atoms. The first-order valence-electron chi connectivity index (χ1n) is 6.91. The Kier molecular flexibility index (Phi) is 4.41. The molecule has 0 spiro atoms. The van der Waals surface area contributed by atoms with Crippen molar-refractivity contribution >= 4 is 34.5 Å². The van der Waals surface area contributed by atoms with Gasteiger partial charge in [0.1, 0.15) is 0 Å². The molecule has 3 rings (SSSR count). The van der Waals surface area contributed by atoms with E-state index in [4.69, 9.17) is 11.6 Å². The molecule has 2 N–H and O–H groups in total. The minimum absolute atomic E-state index is 0.109. The predicted octanol–water partition coefficient (Wildman–Crippen LogP) is 3.23. The maximum atomic E-state index is 11.7. The van der Waals surface area contributed by atoms with Gasteiger partial charge in [0, 0.05) is 22.8 Å². The molecule has 21 heavy (non-hydrogen) atoms. The number of aromatic nitrogens is 1. The Morgan fingerprint density at radius 1 is 1.33 bits per heavy atom. The summed E-state index contributed by atoms with van der Waals surface area (Å²) in [5.74, 6) is 0.109. The van der Waals surface area contributed by atoms with Crippen LogP contribution < -0.4 is 10.6 Å². The number of thiazole rings is 1. The highest BCUT2D eigenvalue weighted by Crippen LogP contribution is 2.20. The van der Waals surface area contributed by atoms with Gasteiger partial charge < -0.3 is 10.6 Å². The Morgan fingerprint density at radius 2 is 2.10 bits per heavy atom. The van der Waals surface area contributed by atoms with Crippen molar-refractivity contribution < 1.29 is 4.79 Å². The van der Waals surface area contributed by atoms with Gasteiger partial charge in [-0.05, 0) is 30.5 Å². The molecule has 1 saturated carbocycles. The zero-order valence-electron chi connectivity index (χ0n) is 11.4. The van der Waals surface area contributed by atoms with Crippen LogP contribution in [0, 0.1) is 0 Å². The van der Waals surface area contributed by atoms with Crippen molar-refractivity contribution in [1.82, 2.24) is 10.3 Å². The zero-order chi connectivity index (χ0) is 14.7. The maximum Gasteiger partial charge on any atom is 0.224 e. The number of nitrogens with one attached hydrogen (secondary N) is 2. The SMILES string of the molecule is O=C(Cc1ccc(NCc2cnc(Cl)s2)cc1)NC1CC1. The summed E-state index contributed by atoms with van der Waals surface area (Å²) >= 11 is 7.26. The van der Waals surface area contributed by atoms with Crippen molar-refractivity contribution in [2.24, 2.45) is 0 Å². The van der Waals surface area contributed by atoms with Gasteiger partial charge in [-0.2, -0.15) is 0 Å². The number of amides is 1. The lowest BCUT2D eigenvalue weighted by molar-refractivity contribution is -0.120. The molecule has 0 aliphatic heterocycles. The second-order valence-corrected chi connectivity index (χ2v) is 6.85. The molecule has 1 aromatic heterocycles. The molecule has 1 fully saturated rings. The van der Waals surface area contributed by atoms with E-state index in [-0.39, 0.29) is 5.91 Å². The summed E-state index contributed by atoms with van der Waals surface area (Å²) in [6.45, 7) is 0.700. The predicted molar refractivity (Wildman–Crippen MR) is 85.8 cm³/mol. The molecule has 4 nitrogen and oxygen atoms in total. The largest absolute Gasteiger partial charge is 0.380 e. The smallest absolute Gasteiger partial charge is 0.224 e. The van der Waals surface area contributed by atoms with E-state index in [9.17, 15) is 4.79 Å². The molecule has 6 heteroatoms. The van der Waals surface area contributed by atoms with E-state index < -0.39 is 0 Å². The van der Waals surface area contributed by atoms with Crippen LogP contribution in [0.15, 0.2) is 30.5 Å². The minimum atomic E-state index is 0.109. The summed E-state index contributed by atoms with van der Waals surface area (Å²) in [6.07, 6.45) is 4.46. The van der Waals surface area contributed by atoms with Gasteiger partial charge >= 0.3 is 0 Å². The van der Waals surface area contributed by atoms with E-state index in [0.29, 0.717) is 23.5 Å². The third-order valence-corrected chi connectivity index (χ3v) is 4.37. The summed E-state index contributed by atoms with van der Waals surface area (Å²) < 4.78 is 0.559. The molecule has 0 radical (unpaired) electrons. The van der Waals surface area contributed by atoms with Crippen LogP contribution in [0.3, 0.4) is 0 Å². The van der Waals surface area contributed by atoms with E-state index in [0.717, 1.165) is 29.0 Å². The summed E-state index contributed by atoms with van der Waals surface area (Å²) in [4.78, 5) is 16.8. The lowest BCUT2D eigenvalue weighted by Crippen LogP contribution is -2.26. The number of carbonyl (C=O) groups excluding carboxylic acids is 1. The number of nitrogens with zero attached hydrogens (tertiary/aromatic N) is 1. The van der Waals surface area contributed by atoms with Crippen LogP contribution in [-0.2, 0) is 17.8 Å². The normalized spacial score (nSPS) is 14.0. The van der Waals surface area contributed by atoms with Gasteiger partial charge in [0.05, 0.1) is 13.0 Å². The van der Waals surface area contributed by atoms with Crippen LogP contribution in [0.5, 0.6) is 0 Å². The molecule has 1 amide bonds. The molecule has 1 heterocycles. The standard InChI is InChI=1S/C15H16ClN3OS/c16-15-18-9-13(21-15)8-17-11-3-1-10(2-4-11)7-14(20)19-12-5-6-12/h1-4,9,12,17H,5-8H2,(H,19,20). The molecule has 1 aromatic carbocycles. The van der Waals surface area contributed by atoms with Gasteiger partial charge in [0.25, 0.3) is 0 Å². The van der Waals surface area contributed by atoms with Crippen molar-refractivity contribution in [3.8, 4) is 0 Å². The Balaban J connectivity index is 1.49. The Morgan fingerprint density at radius 3 is 2.71 bits per heavy atom. The van der Waals surface area contributed by atoms with E-state index in [1.54, 1.807) is 6.20 Å². The highest BCUT2D eigenvalue weighted by Gasteiger charge is 2.22. The lowest BCUT2D eigenvalue weighted by atomic mass is 10.1. The monoisotopic (exact) mass is 321 g/mol. The molecular formula is C15H16ClN3OS. The van der Waals surface area contributed by atoms with E-state index >= 15 is 0 Å². The van der Waals surface area contributed by atoms with Crippen molar-refractivity contribution in [1.29, 1.82) is 0 Å². The number of hydrogen-bond acceptors (Lipinski definition) is 4.